The molecule has 11 heavy (non-hydrogen) atoms. The molecule has 2 aliphatic carbocycles. The first-order valence-electron chi connectivity index (χ1n) is 4.65. The van der Waals surface area contributed by atoms with Crippen LogP contribution in [0.2, 0.25) is 0 Å². The highest BCUT2D eigenvalue weighted by Gasteiger charge is 2.34. The molecule has 0 nitrogen and oxygen atoms in total. The minimum Gasteiger partial charge on any atom is -0.0837 e. The van der Waals surface area contributed by atoms with Crippen LogP contribution in [0.25, 0.3) is 0 Å². The van der Waals surface area contributed by atoms with Gasteiger partial charge in [0.25, 0.3) is 0 Å². The van der Waals surface area contributed by atoms with Crippen molar-refractivity contribution in [2.45, 2.75) is 32.6 Å². The Morgan fingerprint density at radius 3 is 2.82 bits per heavy atom. The first-order chi connectivity index (χ1) is 5.31. The third-order valence-electron chi connectivity index (χ3n) is 3.11. The van der Waals surface area contributed by atoms with Crippen molar-refractivity contribution in [2.24, 2.45) is 11.3 Å². The van der Waals surface area contributed by atoms with Crippen molar-refractivity contribution in [3.05, 3.63) is 24.3 Å². The Kier molecular flexibility index (Phi) is 1.63. The molecular formula is C11H16. The lowest BCUT2D eigenvalue weighted by Gasteiger charge is -2.25. The summed E-state index contributed by atoms with van der Waals surface area (Å²) in [5, 5.41) is 0. The maximum absolute atomic E-state index is 2.43. The van der Waals surface area contributed by atoms with E-state index in [9.17, 15) is 0 Å². The van der Waals surface area contributed by atoms with E-state index in [0.29, 0.717) is 5.41 Å². The van der Waals surface area contributed by atoms with Gasteiger partial charge in [-0.25, -0.2) is 0 Å². The van der Waals surface area contributed by atoms with E-state index >= 15 is 0 Å². The van der Waals surface area contributed by atoms with E-state index in [1.54, 1.807) is 0 Å². The van der Waals surface area contributed by atoms with Crippen LogP contribution in [0.1, 0.15) is 32.6 Å². The standard InChI is InChI=1S/C11H16/c1-10-5-8-11(9-10)6-3-2-4-7-11/h2-4,6,10H,5,7-9H2,1H3. The number of hydrogen-bond donors (Lipinski definition) is 0. The van der Waals surface area contributed by atoms with Crippen LogP contribution in [0.15, 0.2) is 24.3 Å². The summed E-state index contributed by atoms with van der Waals surface area (Å²) >= 11 is 0. The fourth-order valence-corrected chi connectivity index (χ4v) is 2.48. The first kappa shape index (κ1) is 7.15. The van der Waals surface area contributed by atoms with Crippen molar-refractivity contribution in [2.75, 3.05) is 0 Å². The van der Waals surface area contributed by atoms with Gasteiger partial charge in [-0.2, -0.15) is 0 Å². The van der Waals surface area contributed by atoms with Gasteiger partial charge >= 0.3 is 0 Å². The summed E-state index contributed by atoms with van der Waals surface area (Å²) in [6.07, 6.45) is 14.7. The van der Waals surface area contributed by atoms with Crippen LogP contribution in [0.5, 0.6) is 0 Å². The summed E-state index contributed by atoms with van der Waals surface area (Å²) in [4.78, 5) is 0. The van der Waals surface area contributed by atoms with E-state index in [0.717, 1.165) is 5.92 Å². The summed E-state index contributed by atoms with van der Waals surface area (Å²) in [5.41, 5.74) is 0.578. The third-order valence-corrected chi connectivity index (χ3v) is 3.11. The minimum atomic E-state index is 0.578. The lowest BCUT2D eigenvalue weighted by molar-refractivity contribution is 0.382. The van der Waals surface area contributed by atoms with Gasteiger partial charge in [0.1, 0.15) is 0 Å². The predicted molar refractivity (Wildman–Crippen MR) is 48.3 cm³/mol. The quantitative estimate of drug-likeness (QED) is 0.494. The molecule has 0 aromatic heterocycles. The molecule has 2 unspecified atom stereocenters. The normalized spacial score (nSPS) is 42.1. The van der Waals surface area contributed by atoms with Gasteiger partial charge in [-0.3, -0.25) is 0 Å². The summed E-state index contributed by atoms with van der Waals surface area (Å²) in [7, 11) is 0. The zero-order chi connectivity index (χ0) is 7.73. The third kappa shape index (κ3) is 1.26. The summed E-state index contributed by atoms with van der Waals surface area (Å²) in [5.74, 6) is 0.950. The van der Waals surface area contributed by atoms with Crippen molar-refractivity contribution in [3.63, 3.8) is 0 Å². The van der Waals surface area contributed by atoms with Crippen LogP contribution in [-0.2, 0) is 0 Å². The molecule has 0 aromatic rings. The summed E-state index contributed by atoms with van der Waals surface area (Å²) in [6.45, 7) is 2.38. The van der Waals surface area contributed by atoms with Gasteiger partial charge in [0.2, 0.25) is 0 Å². The SMILES string of the molecule is CC1CCC2(C=CC=CC2)C1. The Morgan fingerprint density at radius 1 is 1.36 bits per heavy atom. The van der Waals surface area contributed by atoms with Gasteiger partial charge in [-0.1, -0.05) is 31.2 Å². The van der Waals surface area contributed by atoms with Crippen LogP contribution in [0, 0.1) is 11.3 Å². The molecule has 0 aliphatic heterocycles. The molecule has 0 heterocycles. The molecule has 0 amide bonds. The van der Waals surface area contributed by atoms with E-state index < -0.39 is 0 Å². The molecule has 2 atom stereocenters. The first-order valence-corrected chi connectivity index (χ1v) is 4.65. The van der Waals surface area contributed by atoms with Gasteiger partial charge in [0, 0.05) is 0 Å². The number of allylic oxidation sites excluding steroid dienone is 4. The molecule has 0 N–H and O–H groups in total. The van der Waals surface area contributed by atoms with E-state index in [2.05, 4.69) is 31.2 Å². The van der Waals surface area contributed by atoms with E-state index in [4.69, 9.17) is 0 Å². The highest BCUT2D eigenvalue weighted by atomic mass is 14.4. The molecule has 1 saturated carbocycles. The summed E-state index contributed by atoms with van der Waals surface area (Å²) in [6, 6.07) is 0. The maximum atomic E-state index is 2.43. The van der Waals surface area contributed by atoms with E-state index in [-0.39, 0.29) is 0 Å². The molecule has 60 valence electrons. The van der Waals surface area contributed by atoms with Gasteiger partial charge < -0.3 is 0 Å². The molecule has 1 fully saturated rings. The van der Waals surface area contributed by atoms with Crippen molar-refractivity contribution < 1.29 is 0 Å². The molecule has 1 spiro atoms. The highest BCUT2D eigenvalue weighted by Crippen LogP contribution is 2.46. The van der Waals surface area contributed by atoms with E-state index in [1.807, 2.05) is 0 Å². The molecule has 0 saturated heterocycles. The Bertz CT molecular complexity index is 200. The van der Waals surface area contributed by atoms with Crippen molar-refractivity contribution >= 4 is 0 Å². The topological polar surface area (TPSA) is 0 Å². The van der Waals surface area contributed by atoms with Crippen molar-refractivity contribution in [1.29, 1.82) is 0 Å². The smallest absolute Gasteiger partial charge is 0.00779 e. The minimum absolute atomic E-state index is 0.578. The monoisotopic (exact) mass is 148 g/mol. The molecule has 0 bridgehead atoms. The largest absolute Gasteiger partial charge is 0.0837 e. The fourth-order valence-electron chi connectivity index (χ4n) is 2.48. The number of rotatable bonds is 0. The average Bonchev–Trinajstić information content (AvgIpc) is 2.34. The number of hydrogen-bond acceptors (Lipinski definition) is 0. The highest BCUT2D eigenvalue weighted by molar-refractivity contribution is 5.18. The fraction of sp³-hybridized carbons (Fsp3) is 0.636. The van der Waals surface area contributed by atoms with Crippen LogP contribution < -0.4 is 0 Å². The average molecular weight is 148 g/mol. The zero-order valence-corrected chi connectivity index (χ0v) is 7.22. The van der Waals surface area contributed by atoms with Gasteiger partial charge in [-0.15, -0.1) is 0 Å². The van der Waals surface area contributed by atoms with Crippen LogP contribution in [-0.4, -0.2) is 0 Å². The van der Waals surface area contributed by atoms with Crippen LogP contribution >= 0.6 is 0 Å². The second-order valence-corrected chi connectivity index (χ2v) is 4.20. The zero-order valence-electron chi connectivity index (χ0n) is 7.22. The lowest BCUT2D eigenvalue weighted by atomic mass is 9.80. The van der Waals surface area contributed by atoms with Crippen molar-refractivity contribution in [3.8, 4) is 0 Å². The van der Waals surface area contributed by atoms with E-state index in [1.165, 1.54) is 25.7 Å². The Hall–Kier alpha value is -0.520. The lowest BCUT2D eigenvalue weighted by Crippen LogP contribution is -2.13. The van der Waals surface area contributed by atoms with Crippen LogP contribution in [0.4, 0.5) is 0 Å². The molecule has 2 aliphatic rings. The molecule has 0 aromatic carbocycles. The maximum Gasteiger partial charge on any atom is -0.00779 e. The molecule has 0 radical (unpaired) electrons. The second kappa shape index (κ2) is 2.51. The Balaban J connectivity index is 2.12. The second-order valence-electron chi connectivity index (χ2n) is 4.20. The Labute approximate surface area is 69.0 Å². The van der Waals surface area contributed by atoms with Crippen molar-refractivity contribution in [1.82, 2.24) is 0 Å². The van der Waals surface area contributed by atoms with Gasteiger partial charge in [-0.05, 0) is 37.0 Å². The molecule has 0 heteroatoms. The predicted octanol–water partition coefficient (Wildman–Crippen LogP) is 3.31. The molecule has 2 rings (SSSR count). The van der Waals surface area contributed by atoms with Crippen LogP contribution in [0.3, 0.4) is 0 Å². The molecular weight excluding hydrogens is 132 g/mol. The summed E-state index contributed by atoms with van der Waals surface area (Å²) < 4.78 is 0. The Morgan fingerprint density at radius 2 is 2.27 bits per heavy atom. The van der Waals surface area contributed by atoms with Gasteiger partial charge in [0.15, 0.2) is 0 Å². The van der Waals surface area contributed by atoms with Gasteiger partial charge in [0.05, 0.1) is 0 Å².